The van der Waals surface area contributed by atoms with Crippen LogP contribution in [-0.2, 0) is 16.1 Å². The molecule has 2 rings (SSSR count). The van der Waals surface area contributed by atoms with Gasteiger partial charge in [0.2, 0.25) is 0 Å². The Kier molecular flexibility index (Phi) is 2.33. The Morgan fingerprint density at radius 3 is 2.93 bits per heavy atom. The Labute approximate surface area is 88.1 Å². The average molecular weight is 210 g/mol. The highest BCUT2D eigenvalue weighted by Gasteiger charge is 2.37. The van der Waals surface area contributed by atoms with Gasteiger partial charge in [0.1, 0.15) is 11.2 Å². The molecule has 0 amide bonds. The molecule has 1 aliphatic rings. The Morgan fingerprint density at radius 2 is 2.21 bits per heavy atom. The van der Waals surface area contributed by atoms with Gasteiger partial charge in [-0.25, -0.2) is 0 Å². The van der Waals surface area contributed by atoms with E-state index in [1.54, 1.807) is 0 Å². The minimum absolute atomic E-state index is 0.0207. The van der Waals surface area contributed by atoms with Crippen molar-refractivity contribution in [2.24, 2.45) is 5.73 Å². The maximum Gasteiger partial charge on any atom is 0.145 e. The second-order valence-electron chi connectivity index (χ2n) is 3.81. The van der Waals surface area contributed by atoms with Crippen molar-refractivity contribution in [3.63, 3.8) is 0 Å². The van der Waals surface area contributed by atoms with Gasteiger partial charge < -0.3 is 10.5 Å². The zero-order valence-corrected chi connectivity index (χ0v) is 8.50. The molecule has 0 spiro atoms. The monoisotopic (exact) mass is 209 g/mol. The Bertz CT molecular complexity index is 366. The summed E-state index contributed by atoms with van der Waals surface area (Å²) >= 11 is 6.24. The van der Waals surface area contributed by atoms with Gasteiger partial charge in [-0.1, -0.05) is 24.3 Å². The summed E-state index contributed by atoms with van der Waals surface area (Å²) < 4.78 is 0. The molecule has 0 radical (unpaired) electrons. The number of rotatable bonds is 1. The SMILES string of the molecule is NC1Cc2ccccc2C(Cl)(C=O)C1. The van der Waals surface area contributed by atoms with Crippen LogP contribution in [0.5, 0.6) is 0 Å². The molecule has 0 heterocycles. The normalized spacial score (nSPS) is 30.9. The van der Waals surface area contributed by atoms with Gasteiger partial charge >= 0.3 is 0 Å². The summed E-state index contributed by atoms with van der Waals surface area (Å²) in [6.07, 6.45) is 2.12. The molecule has 1 aliphatic carbocycles. The Hall–Kier alpha value is -0.860. The van der Waals surface area contributed by atoms with Crippen molar-refractivity contribution in [3.05, 3.63) is 35.4 Å². The number of halogens is 1. The molecule has 74 valence electrons. The number of benzene rings is 1. The molecule has 0 aliphatic heterocycles. The topological polar surface area (TPSA) is 43.1 Å². The Balaban J connectivity index is 2.54. The van der Waals surface area contributed by atoms with Gasteiger partial charge in [0, 0.05) is 6.04 Å². The summed E-state index contributed by atoms with van der Waals surface area (Å²) in [6.45, 7) is 0. The maximum absolute atomic E-state index is 11.0. The summed E-state index contributed by atoms with van der Waals surface area (Å²) in [5, 5.41) is 0. The summed E-state index contributed by atoms with van der Waals surface area (Å²) in [5.74, 6) is 0. The molecule has 0 aromatic heterocycles. The number of carbonyl (C=O) groups excluding carboxylic acids is 1. The second-order valence-corrected chi connectivity index (χ2v) is 4.48. The molecule has 1 aromatic carbocycles. The molecule has 3 heteroatoms. The quantitative estimate of drug-likeness (QED) is 0.564. The first kappa shape index (κ1) is 9.69. The van der Waals surface area contributed by atoms with E-state index in [9.17, 15) is 4.79 Å². The van der Waals surface area contributed by atoms with Gasteiger partial charge in [0.15, 0.2) is 0 Å². The van der Waals surface area contributed by atoms with Crippen LogP contribution in [0.15, 0.2) is 24.3 Å². The Morgan fingerprint density at radius 1 is 1.50 bits per heavy atom. The summed E-state index contributed by atoms with van der Waals surface area (Å²) in [6, 6.07) is 7.71. The summed E-state index contributed by atoms with van der Waals surface area (Å²) in [4.78, 5) is 10.1. The van der Waals surface area contributed by atoms with Crippen LogP contribution in [0, 0.1) is 0 Å². The van der Waals surface area contributed by atoms with E-state index in [0.29, 0.717) is 6.42 Å². The molecule has 0 saturated heterocycles. The second kappa shape index (κ2) is 3.37. The van der Waals surface area contributed by atoms with Crippen molar-refractivity contribution in [2.45, 2.75) is 23.8 Å². The molecule has 2 nitrogen and oxygen atoms in total. The highest BCUT2D eigenvalue weighted by Crippen LogP contribution is 2.38. The van der Waals surface area contributed by atoms with Crippen LogP contribution in [0.25, 0.3) is 0 Å². The van der Waals surface area contributed by atoms with Gasteiger partial charge in [0.05, 0.1) is 0 Å². The van der Waals surface area contributed by atoms with Gasteiger partial charge in [-0.2, -0.15) is 0 Å². The molecule has 2 N–H and O–H groups in total. The molecule has 2 unspecified atom stereocenters. The number of carbonyl (C=O) groups is 1. The number of alkyl halides is 1. The van der Waals surface area contributed by atoms with Crippen molar-refractivity contribution in [1.82, 2.24) is 0 Å². The first-order valence-electron chi connectivity index (χ1n) is 4.65. The summed E-state index contributed by atoms with van der Waals surface area (Å²) in [5.41, 5.74) is 7.86. The summed E-state index contributed by atoms with van der Waals surface area (Å²) in [7, 11) is 0. The zero-order chi connectivity index (χ0) is 10.2. The van der Waals surface area contributed by atoms with Crippen molar-refractivity contribution < 1.29 is 4.79 Å². The fraction of sp³-hybridized carbons (Fsp3) is 0.364. The third kappa shape index (κ3) is 1.45. The van der Waals surface area contributed by atoms with E-state index in [4.69, 9.17) is 17.3 Å². The molecular weight excluding hydrogens is 198 g/mol. The van der Waals surface area contributed by atoms with E-state index in [2.05, 4.69) is 0 Å². The minimum atomic E-state index is -0.908. The fourth-order valence-electron chi connectivity index (χ4n) is 2.06. The first-order chi connectivity index (χ1) is 6.65. The third-order valence-corrected chi connectivity index (χ3v) is 3.14. The van der Waals surface area contributed by atoms with Crippen LogP contribution < -0.4 is 5.73 Å². The van der Waals surface area contributed by atoms with Gasteiger partial charge in [-0.3, -0.25) is 0 Å². The van der Waals surface area contributed by atoms with Gasteiger partial charge in [-0.15, -0.1) is 11.6 Å². The highest BCUT2D eigenvalue weighted by molar-refractivity contribution is 6.31. The fourth-order valence-corrected chi connectivity index (χ4v) is 2.44. The number of aldehydes is 1. The zero-order valence-electron chi connectivity index (χ0n) is 7.74. The van der Waals surface area contributed by atoms with Crippen LogP contribution in [0.2, 0.25) is 0 Å². The third-order valence-electron chi connectivity index (χ3n) is 2.69. The van der Waals surface area contributed by atoms with Crippen LogP contribution in [0.4, 0.5) is 0 Å². The number of hydrogen-bond acceptors (Lipinski definition) is 2. The molecular formula is C11H12ClNO. The van der Waals surface area contributed by atoms with Crippen molar-refractivity contribution in [1.29, 1.82) is 0 Å². The van der Waals surface area contributed by atoms with Crippen molar-refractivity contribution >= 4 is 17.9 Å². The number of hydrogen-bond donors (Lipinski definition) is 1. The van der Waals surface area contributed by atoms with Crippen LogP contribution in [0.1, 0.15) is 17.5 Å². The van der Waals surface area contributed by atoms with E-state index in [-0.39, 0.29) is 6.04 Å². The maximum atomic E-state index is 11.0. The molecule has 1 aromatic rings. The standard InChI is InChI=1S/C11H12ClNO/c12-11(7-14)6-9(13)5-8-3-1-2-4-10(8)11/h1-4,7,9H,5-6,13H2. The van der Waals surface area contributed by atoms with E-state index >= 15 is 0 Å². The lowest BCUT2D eigenvalue weighted by molar-refractivity contribution is -0.110. The van der Waals surface area contributed by atoms with Crippen LogP contribution >= 0.6 is 11.6 Å². The molecule has 14 heavy (non-hydrogen) atoms. The van der Waals surface area contributed by atoms with E-state index in [1.165, 1.54) is 0 Å². The van der Waals surface area contributed by atoms with Gasteiger partial charge in [0.25, 0.3) is 0 Å². The smallest absolute Gasteiger partial charge is 0.145 e. The lowest BCUT2D eigenvalue weighted by Gasteiger charge is -2.32. The van der Waals surface area contributed by atoms with Crippen LogP contribution in [0.3, 0.4) is 0 Å². The molecule has 0 saturated carbocycles. The number of fused-ring (bicyclic) bond motifs is 1. The van der Waals surface area contributed by atoms with E-state index in [0.717, 1.165) is 23.8 Å². The highest BCUT2D eigenvalue weighted by atomic mass is 35.5. The molecule has 0 bridgehead atoms. The first-order valence-corrected chi connectivity index (χ1v) is 5.03. The van der Waals surface area contributed by atoms with E-state index in [1.807, 2.05) is 24.3 Å². The largest absolute Gasteiger partial charge is 0.327 e. The van der Waals surface area contributed by atoms with Crippen molar-refractivity contribution in [2.75, 3.05) is 0 Å². The lowest BCUT2D eigenvalue weighted by atomic mass is 9.80. The van der Waals surface area contributed by atoms with Crippen LogP contribution in [-0.4, -0.2) is 12.3 Å². The molecule has 2 atom stereocenters. The molecule has 0 fully saturated rings. The lowest BCUT2D eigenvalue weighted by Crippen LogP contribution is -2.39. The van der Waals surface area contributed by atoms with E-state index < -0.39 is 4.87 Å². The number of nitrogens with two attached hydrogens (primary N) is 1. The predicted octanol–water partition coefficient (Wildman–Crippen LogP) is 1.59. The minimum Gasteiger partial charge on any atom is -0.327 e. The average Bonchev–Trinajstić information content (AvgIpc) is 2.17. The predicted molar refractivity (Wildman–Crippen MR) is 56.3 cm³/mol. The van der Waals surface area contributed by atoms with Crippen molar-refractivity contribution in [3.8, 4) is 0 Å². The van der Waals surface area contributed by atoms with Gasteiger partial charge in [-0.05, 0) is 24.0 Å².